The summed E-state index contributed by atoms with van der Waals surface area (Å²) < 4.78 is 67.8. The summed E-state index contributed by atoms with van der Waals surface area (Å²) in [6, 6.07) is 6.40. The predicted molar refractivity (Wildman–Crippen MR) is 131 cm³/mol. The number of thioether (sulfide) groups is 1. The van der Waals surface area contributed by atoms with E-state index in [2.05, 4.69) is 10.1 Å². The van der Waals surface area contributed by atoms with Gasteiger partial charge in [0.2, 0.25) is 0 Å². The molecule has 1 fully saturated rings. The van der Waals surface area contributed by atoms with Gasteiger partial charge in [-0.15, -0.1) is 11.8 Å². The maximum Gasteiger partial charge on any atom is 0.177 e. The first-order valence-electron chi connectivity index (χ1n) is 11.4. The van der Waals surface area contributed by atoms with Crippen LogP contribution >= 0.6 is 11.8 Å². The molecule has 1 N–H and O–H groups in total. The predicted octanol–water partition coefficient (Wildman–Crippen LogP) is 4.86. The summed E-state index contributed by atoms with van der Waals surface area (Å²) in [5.74, 6) is -2.90. The normalized spacial score (nSPS) is 20.9. The van der Waals surface area contributed by atoms with Gasteiger partial charge >= 0.3 is 0 Å². The number of allylic oxidation sites excluding steroid dienone is 2. The highest BCUT2D eigenvalue weighted by atomic mass is 32.2. The minimum absolute atomic E-state index is 0.0489. The van der Waals surface area contributed by atoms with E-state index in [0.717, 1.165) is 18.2 Å². The van der Waals surface area contributed by atoms with Crippen molar-refractivity contribution in [1.29, 1.82) is 0 Å². The van der Waals surface area contributed by atoms with Gasteiger partial charge in [0, 0.05) is 28.5 Å². The van der Waals surface area contributed by atoms with Crippen LogP contribution in [0.15, 0.2) is 67.3 Å². The standard InChI is InChI=1S/C26H25F4N3O3S/c1-17(26(34,14-33-16-31-15-32-33)22-9-8-20(28)11-24(22)30)37-21-12-35-25(36-13-21)5-3-2-4-18-6-7-19(27)10-23(18)29/h2-11,15-17,21,25,34H,12-14H2,1H3/b4-2+,5-3+/t17-,21?,25?,26-/m1/s1. The van der Waals surface area contributed by atoms with E-state index >= 15 is 0 Å². The maximum absolute atomic E-state index is 14.7. The number of benzene rings is 2. The van der Waals surface area contributed by atoms with Gasteiger partial charge in [-0.05, 0) is 24.3 Å². The molecule has 0 radical (unpaired) electrons. The first kappa shape index (κ1) is 27.1. The highest BCUT2D eigenvalue weighted by molar-refractivity contribution is 8.00. The van der Waals surface area contributed by atoms with Crippen LogP contribution in [0.5, 0.6) is 0 Å². The number of aromatic nitrogens is 3. The van der Waals surface area contributed by atoms with Gasteiger partial charge < -0.3 is 14.6 Å². The van der Waals surface area contributed by atoms with Crippen molar-refractivity contribution in [1.82, 2.24) is 14.8 Å². The molecule has 1 saturated heterocycles. The minimum atomic E-state index is -1.73. The summed E-state index contributed by atoms with van der Waals surface area (Å²) in [6.45, 7) is 2.25. The van der Waals surface area contributed by atoms with Crippen molar-refractivity contribution in [3.63, 3.8) is 0 Å². The summed E-state index contributed by atoms with van der Waals surface area (Å²) >= 11 is 1.36. The summed E-state index contributed by atoms with van der Waals surface area (Å²) in [6.07, 6.45) is 8.47. The van der Waals surface area contributed by atoms with Crippen molar-refractivity contribution < 1.29 is 32.1 Å². The van der Waals surface area contributed by atoms with Crippen LogP contribution in [-0.2, 0) is 21.6 Å². The number of nitrogens with zero attached hydrogens (tertiary/aromatic N) is 3. The Morgan fingerprint density at radius 3 is 2.43 bits per heavy atom. The first-order valence-corrected chi connectivity index (χ1v) is 12.4. The molecule has 0 aliphatic carbocycles. The third-order valence-corrected chi connectivity index (χ3v) is 7.30. The molecule has 0 spiro atoms. The molecule has 6 nitrogen and oxygen atoms in total. The molecule has 1 aliphatic rings. The molecule has 0 amide bonds. The zero-order valence-electron chi connectivity index (χ0n) is 19.8. The monoisotopic (exact) mass is 535 g/mol. The molecule has 11 heteroatoms. The van der Waals surface area contributed by atoms with Gasteiger partial charge in [-0.3, -0.25) is 0 Å². The molecule has 2 aromatic carbocycles. The highest BCUT2D eigenvalue weighted by Gasteiger charge is 2.41. The van der Waals surface area contributed by atoms with Crippen LogP contribution in [0.3, 0.4) is 0 Å². The lowest BCUT2D eigenvalue weighted by molar-refractivity contribution is -0.146. The van der Waals surface area contributed by atoms with Crippen LogP contribution in [0.1, 0.15) is 18.1 Å². The van der Waals surface area contributed by atoms with Crippen LogP contribution in [0.25, 0.3) is 6.08 Å². The second-order valence-electron chi connectivity index (χ2n) is 8.49. The molecule has 4 rings (SSSR count). The molecule has 3 aromatic rings. The quantitative estimate of drug-likeness (QED) is 0.312. The van der Waals surface area contributed by atoms with Crippen molar-refractivity contribution in [2.75, 3.05) is 13.2 Å². The maximum atomic E-state index is 14.7. The molecule has 0 bridgehead atoms. The van der Waals surface area contributed by atoms with Crippen LogP contribution < -0.4 is 0 Å². The van der Waals surface area contributed by atoms with Crippen molar-refractivity contribution >= 4 is 17.8 Å². The molecule has 2 heterocycles. The molecule has 0 saturated carbocycles. The second-order valence-corrected chi connectivity index (χ2v) is 10.1. The molecule has 196 valence electrons. The van der Waals surface area contributed by atoms with E-state index in [4.69, 9.17) is 9.47 Å². The number of ether oxygens (including phenoxy) is 2. The summed E-state index contributed by atoms with van der Waals surface area (Å²) in [7, 11) is 0. The van der Waals surface area contributed by atoms with Crippen molar-refractivity contribution in [2.24, 2.45) is 0 Å². The van der Waals surface area contributed by atoms with Crippen LogP contribution in [0.4, 0.5) is 17.6 Å². The second kappa shape index (κ2) is 12.0. The van der Waals surface area contributed by atoms with E-state index in [9.17, 15) is 22.7 Å². The third kappa shape index (κ3) is 6.86. The highest BCUT2D eigenvalue weighted by Crippen LogP contribution is 2.38. The number of rotatable bonds is 9. The van der Waals surface area contributed by atoms with Crippen molar-refractivity contribution in [2.45, 2.75) is 35.9 Å². The Morgan fingerprint density at radius 1 is 1.08 bits per heavy atom. The lowest BCUT2D eigenvalue weighted by Gasteiger charge is -2.37. The van der Waals surface area contributed by atoms with Gasteiger partial charge in [-0.1, -0.05) is 31.2 Å². The topological polar surface area (TPSA) is 69.4 Å². The lowest BCUT2D eigenvalue weighted by atomic mass is 9.90. The molecule has 37 heavy (non-hydrogen) atoms. The average Bonchev–Trinajstić information content (AvgIpc) is 3.36. The number of halogens is 4. The van der Waals surface area contributed by atoms with Gasteiger partial charge in [-0.2, -0.15) is 5.10 Å². The van der Waals surface area contributed by atoms with Gasteiger partial charge in [0.25, 0.3) is 0 Å². The van der Waals surface area contributed by atoms with E-state index < -0.39 is 40.4 Å². The van der Waals surface area contributed by atoms with E-state index in [1.807, 2.05) is 0 Å². The van der Waals surface area contributed by atoms with Crippen LogP contribution in [0.2, 0.25) is 0 Å². The van der Waals surface area contributed by atoms with Gasteiger partial charge in [-0.25, -0.2) is 27.2 Å². The zero-order chi connectivity index (χ0) is 26.4. The number of hydrogen-bond donors (Lipinski definition) is 1. The summed E-state index contributed by atoms with van der Waals surface area (Å²) in [5, 5.41) is 14.9. The van der Waals surface area contributed by atoms with Gasteiger partial charge in [0.05, 0.1) is 25.0 Å². The third-order valence-electron chi connectivity index (χ3n) is 5.85. The molecule has 1 aliphatic heterocycles. The fraction of sp³-hybridized carbons (Fsp3) is 0.308. The lowest BCUT2D eigenvalue weighted by Crippen LogP contribution is -2.43. The Balaban J connectivity index is 1.36. The Bertz CT molecular complexity index is 1250. The number of hydrogen-bond acceptors (Lipinski definition) is 6. The van der Waals surface area contributed by atoms with E-state index in [0.29, 0.717) is 13.2 Å². The molecule has 0 unspecified atom stereocenters. The van der Waals surface area contributed by atoms with Crippen LogP contribution in [0, 0.1) is 23.3 Å². The molecule has 2 atom stereocenters. The largest absolute Gasteiger partial charge is 0.382 e. The van der Waals surface area contributed by atoms with E-state index in [1.54, 1.807) is 25.2 Å². The fourth-order valence-corrected chi connectivity index (χ4v) is 5.20. The van der Waals surface area contributed by atoms with Crippen LogP contribution in [-0.4, -0.2) is 49.9 Å². The number of aliphatic hydroxyl groups is 1. The minimum Gasteiger partial charge on any atom is -0.382 e. The molecular weight excluding hydrogens is 510 g/mol. The van der Waals surface area contributed by atoms with Crippen molar-refractivity contribution in [3.05, 3.63) is 102 Å². The van der Waals surface area contributed by atoms with Gasteiger partial charge in [0.1, 0.15) is 41.5 Å². The SMILES string of the molecule is C[C@@H](SC1COC(/C=C/C=C/c2ccc(F)cc2F)OC1)[C@](O)(Cn1cncn1)c1ccc(F)cc1F. The molecular formula is C26H25F4N3O3S. The Hall–Kier alpha value is -2.99. The van der Waals surface area contributed by atoms with Crippen molar-refractivity contribution in [3.8, 4) is 0 Å². The van der Waals surface area contributed by atoms with Gasteiger partial charge in [0.15, 0.2) is 6.29 Å². The molecule has 1 aromatic heterocycles. The average molecular weight is 536 g/mol. The Morgan fingerprint density at radius 2 is 1.78 bits per heavy atom. The Labute approximate surface area is 215 Å². The summed E-state index contributed by atoms with van der Waals surface area (Å²) in [5.41, 5.74) is -1.53. The Kier molecular flexibility index (Phi) is 8.80. The van der Waals surface area contributed by atoms with E-state index in [1.165, 1.54) is 53.4 Å². The first-order chi connectivity index (χ1) is 17.7. The smallest absolute Gasteiger partial charge is 0.177 e. The van der Waals surface area contributed by atoms with E-state index in [-0.39, 0.29) is 22.9 Å². The fourth-order valence-electron chi connectivity index (χ4n) is 3.88. The summed E-state index contributed by atoms with van der Waals surface area (Å²) in [4.78, 5) is 3.87. The zero-order valence-corrected chi connectivity index (χ0v) is 20.6.